The highest BCUT2D eigenvalue weighted by atomic mass is 15.1. The number of nitrogens with zero attached hydrogens (tertiary/aromatic N) is 4. The van der Waals surface area contributed by atoms with Crippen LogP contribution in [0.2, 0.25) is 0 Å². The summed E-state index contributed by atoms with van der Waals surface area (Å²) in [6.45, 7) is 0. The maximum atomic E-state index is 5.98. The largest absolute Gasteiger partial charge is 0.383 e. The van der Waals surface area contributed by atoms with Crippen molar-refractivity contribution in [3.05, 3.63) is 55.1 Å². The van der Waals surface area contributed by atoms with Crippen molar-refractivity contribution in [2.45, 2.75) is 0 Å². The molecular formula is C16H17N5. The van der Waals surface area contributed by atoms with E-state index in [0.29, 0.717) is 5.82 Å². The van der Waals surface area contributed by atoms with Crippen LogP contribution < -0.4 is 10.6 Å². The topological polar surface area (TPSA) is 60.0 Å². The number of benzene rings is 1. The number of hydrogen-bond acceptors (Lipinski definition) is 4. The van der Waals surface area contributed by atoms with Gasteiger partial charge in [0.25, 0.3) is 0 Å². The Morgan fingerprint density at radius 3 is 2.76 bits per heavy atom. The fraction of sp³-hybridized carbons (Fsp3) is 0.125. The highest BCUT2D eigenvalue weighted by Crippen LogP contribution is 2.27. The Morgan fingerprint density at radius 2 is 2.00 bits per heavy atom. The van der Waals surface area contributed by atoms with Gasteiger partial charge in [0.1, 0.15) is 5.82 Å². The average molecular weight is 279 g/mol. The van der Waals surface area contributed by atoms with E-state index in [2.05, 4.69) is 27.0 Å². The third-order valence-corrected chi connectivity index (χ3v) is 3.38. The summed E-state index contributed by atoms with van der Waals surface area (Å²) in [5, 5.41) is 0. The number of anilines is 2. The van der Waals surface area contributed by atoms with Crippen LogP contribution in [0.5, 0.6) is 0 Å². The first-order valence-corrected chi connectivity index (χ1v) is 6.68. The summed E-state index contributed by atoms with van der Waals surface area (Å²) in [6.07, 6.45) is 5.28. The van der Waals surface area contributed by atoms with E-state index in [1.165, 1.54) is 0 Å². The van der Waals surface area contributed by atoms with Crippen molar-refractivity contribution in [3.8, 4) is 16.9 Å². The zero-order valence-electron chi connectivity index (χ0n) is 12.1. The third kappa shape index (κ3) is 2.45. The predicted octanol–water partition coefficient (Wildman–Crippen LogP) is 2.58. The van der Waals surface area contributed by atoms with Crippen LogP contribution in [-0.4, -0.2) is 28.6 Å². The second-order valence-corrected chi connectivity index (χ2v) is 5.00. The summed E-state index contributed by atoms with van der Waals surface area (Å²) in [4.78, 5) is 10.5. The number of pyridine rings is 1. The van der Waals surface area contributed by atoms with E-state index in [1.807, 2.05) is 42.9 Å². The van der Waals surface area contributed by atoms with E-state index >= 15 is 0 Å². The lowest BCUT2D eigenvalue weighted by atomic mass is 10.2. The maximum Gasteiger partial charge on any atom is 0.132 e. The van der Waals surface area contributed by atoms with E-state index in [0.717, 1.165) is 22.6 Å². The second kappa shape index (κ2) is 5.28. The van der Waals surface area contributed by atoms with E-state index in [9.17, 15) is 0 Å². The number of nitrogens with two attached hydrogens (primary N) is 1. The lowest BCUT2D eigenvalue weighted by Gasteiger charge is -2.15. The molecule has 0 aliphatic rings. The van der Waals surface area contributed by atoms with E-state index in [4.69, 9.17) is 5.73 Å². The van der Waals surface area contributed by atoms with Crippen molar-refractivity contribution in [2.24, 2.45) is 0 Å². The highest BCUT2D eigenvalue weighted by Gasteiger charge is 2.10. The molecule has 0 bridgehead atoms. The Labute approximate surface area is 123 Å². The normalized spacial score (nSPS) is 10.6. The standard InChI is InChI=1S/C16H17N5/c1-20(2)12-5-3-6-13(9-12)21-11-18-10-15(21)14-7-4-8-19-16(14)17/h3-11H,1-2H3,(H2,17,19). The van der Waals surface area contributed by atoms with Gasteiger partial charge in [0.05, 0.1) is 18.2 Å². The molecule has 0 unspecified atom stereocenters. The molecule has 5 nitrogen and oxygen atoms in total. The maximum absolute atomic E-state index is 5.98. The summed E-state index contributed by atoms with van der Waals surface area (Å²) in [5.41, 5.74) is 9.95. The monoisotopic (exact) mass is 279 g/mol. The molecule has 5 heteroatoms. The second-order valence-electron chi connectivity index (χ2n) is 5.00. The van der Waals surface area contributed by atoms with Crippen LogP contribution in [0.4, 0.5) is 11.5 Å². The van der Waals surface area contributed by atoms with Gasteiger partial charge in [-0.3, -0.25) is 4.57 Å². The summed E-state index contributed by atoms with van der Waals surface area (Å²) in [6, 6.07) is 12.1. The predicted molar refractivity (Wildman–Crippen MR) is 85.5 cm³/mol. The first kappa shape index (κ1) is 13.2. The van der Waals surface area contributed by atoms with Gasteiger partial charge in [-0.2, -0.15) is 0 Å². The molecule has 0 atom stereocenters. The zero-order valence-corrected chi connectivity index (χ0v) is 12.1. The van der Waals surface area contributed by atoms with Crippen molar-refractivity contribution in [2.75, 3.05) is 24.7 Å². The average Bonchev–Trinajstić information content (AvgIpc) is 2.97. The summed E-state index contributed by atoms with van der Waals surface area (Å²) < 4.78 is 2.01. The summed E-state index contributed by atoms with van der Waals surface area (Å²) in [7, 11) is 4.04. The first-order valence-electron chi connectivity index (χ1n) is 6.68. The van der Waals surface area contributed by atoms with E-state index < -0.39 is 0 Å². The van der Waals surface area contributed by atoms with Gasteiger partial charge in [-0.05, 0) is 30.3 Å². The molecule has 0 aliphatic heterocycles. The van der Waals surface area contributed by atoms with Crippen LogP contribution in [0.15, 0.2) is 55.1 Å². The third-order valence-electron chi connectivity index (χ3n) is 3.38. The van der Waals surface area contributed by atoms with Crippen LogP contribution in [0.1, 0.15) is 0 Å². The minimum Gasteiger partial charge on any atom is -0.383 e. The van der Waals surface area contributed by atoms with Crippen LogP contribution in [0, 0.1) is 0 Å². The zero-order chi connectivity index (χ0) is 14.8. The fourth-order valence-corrected chi connectivity index (χ4v) is 2.26. The minimum atomic E-state index is 0.503. The van der Waals surface area contributed by atoms with Gasteiger partial charge < -0.3 is 10.6 Å². The first-order chi connectivity index (χ1) is 10.2. The Hall–Kier alpha value is -2.82. The molecule has 3 rings (SSSR count). The summed E-state index contributed by atoms with van der Waals surface area (Å²) in [5.74, 6) is 0.503. The molecule has 3 aromatic rings. The number of imidazole rings is 1. The van der Waals surface area contributed by atoms with Gasteiger partial charge in [-0.15, -0.1) is 0 Å². The molecule has 106 valence electrons. The van der Waals surface area contributed by atoms with Gasteiger partial charge in [-0.1, -0.05) is 6.07 Å². The van der Waals surface area contributed by atoms with Crippen LogP contribution in [0.3, 0.4) is 0 Å². The number of aromatic nitrogens is 3. The van der Waals surface area contributed by atoms with E-state index in [-0.39, 0.29) is 0 Å². The van der Waals surface area contributed by atoms with Crippen molar-refractivity contribution in [1.82, 2.24) is 14.5 Å². The number of hydrogen-bond donors (Lipinski definition) is 1. The minimum absolute atomic E-state index is 0.503. The molecule has 1 aromatic carbocycles. The molecule has 0 aliphatic carbocycles. The Kier molecular flexibility index (Phi) is 3.31. The lowest BCUT2D eigenvalue weighted by Crippen LogP contribution is -2.09. The van der Waals surface area contributed by atoms with Crippen LogP contribution >= 0.6 is 0 Å². The van der Waals surface area contributed by atoms with Gasteiger partial charge in [-0.25, -0.2) is 9.97 Å². The molecule has 0 amide bonds. The quantitative estimate of drug-likeness (QED) is 0.800. The molecule has 0 radical (unpaired) electrons. The molecule has 0 spiro atoms. The van der Waals surface area contributed by atoms with Gasteiger partial charge in [0, 0.05) is 37.2 Å². The Morgan fingerprint density at radius 1 is 1.14 bits per heavy atom. The molecule has 2 N–H and O–H groups in total. The molecule has 2 heterocycles. The number of nitrogen functional groups attached to an aromatic ring is 1. The smallest absolute Gasteiger partial charge is 0.132 e. The van der Waals surface area contributed by atoms with Gasteiger partial charge in [0.2, 0.25) is 0 Å². The molecule has 0 saturated heterocycles. The molecule has 0 saturated carbocycles. The van der Waals surface area contributed by atoms with Crippen LogP contribution in [0.25, 0.3) is 16.9 Å². The SMILES string of the molecule is CN(C)c1cccc(-n2cncc2-c2cccnc2N)c1. The highest BCUT2D eigenvalue weighted by molar-refractivity contribution is 5.72. The Bertz CT molecular complexity index is 761. The van der Waals surface area contributed by atoms with Crippen LogP contribution in [-0.2, 0) is 0 Å². The number of rotatable bonds is 3. The Balaban J connectivity index is 2.12. The van der Waals surface area contributed by atoms with E-state index in [1.54, 1.807) is 18.7 Å². The van der Waals surface area contributed by atoms with Gasteiger partial charge in [0.15, 0.2) is 0 Å². The van der Waals surface area contributed by atoms with Crippen molar-refractivity contribution >= 4 is 11.5 Å². The molecule has 21 heavy (non-hydrogen) atoms. The van der Waals surface area contributed by atoms with Crippen molar-refractivity contribution in [3.63, 3.8) is 0 Å². The lowest BCUT2D eigenvalue weighted by molar-refractivity contribution is 1.05. The molecule has 0 fully saturated rings. The van der Waals surface area contributed by atoms with Gasteiger partial charge >= 0.3 is 0 Å². The molecule has 2 aromatic heterocycles. The van der Waals surface area contributed by atoms with Crippen molar-refractivity contribution < 1.29 is 0 Å². The summed E-state index contributed by atoms with van der Waals surface area (Å²) >= 11 is 0. The van der Waals surface area contributed by atoms with Crippen molar-refractivity contribution in [1.29, 1.82) is 0 Å². The molecular weight excluding hydrogens is 262 g/mol. The fourth-order valence-electron chi connectivity index (χ4n) is 2.26.